The average molecular weight is 282 g/mol. The van der Waals surface area contributed by atoms with Crippen molar-refractivity contribution in [2.24, 2.45) is 0 Å². The molecule has 0 spiro atoms. The highest BCUT2D eigenvalue weighted by Gasteiger charge is 2.15. The van der Waals surface area contributed by atoms with Crippen molar-refractivity contribution in [3.63, 3.8) is 0 Å². The molecule has 0 saturated carbocycles. The summed E-state index contributed by atoms with van der Waals surface area (Å²) in [6.07, 6.45) is -0.868. The van der Waals surface area contributed by atoms with Crippen LogP contribution in [0.15, 0.2) is 48.5 Å². The monoisotopic (exact) mass is 282 g/mol. The van der Waals surface area contributed by atoms with Gasteiger partial charge in [-0.3, -0.25) is 4.79 Å². The molecule has 0 aliphatic rings. The summed E-state index contributed by atoms with van der Waals surface area (Å²) >= 11 is 0. The molecule has 0 amide bonds. The van der Waals surface area contributed by atoms with Crippen LogP contribution >= 0.6 is 0 Å². The molecule has 1 heterocycles. The van der Waals surface area contributed by atoms with E-state index < -0.39 is 12.1 Å². The van der Waals surface area contributed by atoms with Crippen LogP contribution in [-0.2, 0) is 11.2 Å². The van der Waals surface area contributed by atoms with Crippen LogP contribution in [0.4, 0.5) is 0 Å². The van der Waals surface area contributed by atoms with Crippen LogP contribution < -0.4 is 0 Å². The van der Waals surface area contributed by atoms with Crippen molar-refractivity contribution in [3.05, 3.63) is 65.5 Å². The Bertz CT molecular complexity index is 781. The van der Waals surface area contributed by atoms with Crippen molar-refractivity contribution < 1.29 is 15.0 Å². The van der Waals surface area contributed by atoms with Crippen LogP contribution in [0.25, 0.3) is 11.0 Å². The van der Waals surface area contributed by atoms with Gasteiger partial charge in [-0.05, 0) is 23.3 Å². The minimum Gasteiger partial charge on any atom is -0.481 e. The van der Waals surface area contributed by atoms with Crippen LogP contribution in [0.3, 0.4) is 0 Å². The smallest absolute Gasteiger partial charge is 0.307 e. The van der Waals surface area contributed by atoms with Crippen molar-refractivity contribution in [2.75, 3.05) is 0 Å². The van der Waals surface area contributed by atoms with E-state index >= 15 is 0 Å². The molecule has 0 saturated heterocycles. The van der Waals surface area contributed by atoms with E-state index in [1.54, 1.807) is 18.2 Å². The number of hydrogen-bond acceptors (Lipinski definition) is 3. The third-order valence-electron chi connectivity index (χ3n) is 3.29. The molecule has 3 aromatic rings. The van der Waals surface area contributed by atoms with E-state index in [9.17, 15) is 9.90 Å². The SMILES string of the molecule is O=C(O)Cc1ccc2nc(C(O)c3ccccc3)[nH]c2c1. The van der Waals surface area contributed by atoms with Gasteiger partial charge in [0.25, 0.3) is 0 Å². The van der Waals surface area contributed by atoms with Gasteiger partial charge in [0.2, 0.25) is 0 Å². The summed E-state index contributed by atoms with van der Waals surface area (Å²) in [7, 11) is 0. The van der Waals surface area contributed by atoms with Gasteiger partial charge in [0.05, 0.1) is 17.5 Å². The molecule has 0 radical (unpaired) electrons. The summed E-state index contributed by atoms with van der Waals surface area (Å²) in [6, 6.07) is 14.5. The summed E-state index contributed by atoms with van der Waals surface area (Å²) in [6.45, 7) is 0. The molecule has 1 unspecified atom stereocenters. The first-order valence-electron chi connectivity index (χ1n) is 6.57. The minimum atomic E-state index is -0.876. The second-order valence-electron chi connectivity index (χ2n) is 4.86. The maximum absolute atomic E-state index is 10.7. The third kappa shape index (κ3) is 2.78. The van der Waals surface area contributed by atoms with E-state index in [0.717, 1.165) is 11.1 Å². The zero-order valence-corrected chi connectivity index (χ0v) is 11.2. The highest BCUT2D eigenvalue weighted by molar-refractivity contribution is 5.78. The number of nitrogens with one attached hydrogen (secondary N) is 1. The predicted octanol–water partition coefficient (Wildman–Crippen LogP) is 2.27. The molecule has 2 aromatic carbocycles. The number of H-pyrrole nitrogens is 1. The summed E-state index contributed by atoms with van der Waals surface area (Å²) in [5.41, 5.74) is 2.87. The Morgan fingerprint density at radius 3 is 2.67 bits per heavy atom. The third-order valence-corrected chi connectivity index (χ3v) is 3.29. The highest BCUT2D eigenvalue weighted by Crippen LogP contribution is 2.22. The first-order chi connectivity index (χ1) is 10.1. The Morgan fingerprint density at radius 1 is 1.19 bits per heavy atom. The summed E-state index contributed by atoms with van der Waals surface area (Å²) in [4.78, 5) is 18.1. The maximum atomic E-state index is 10.7. The molecular formula is C16H14N2O3. The van der Waals surface area contributed by atoms with Gasteiger partial charge in [-0.2, -0.15) is 0 Å². The maximum Gasteiger partial charge on any atom is 0.307 e. The number of carboxylic acids is 1. The lowest BCUT2D eigenvalue weighted by Crippen LogP contribution is -2.01. The van der Waals surface area contributed by atoms with E-state index in [1.165, 1.54) is 0 Å². The molecule has 3 N–H and O–H groups in total. The first-order valence-corrected chi connectivity index (χ1v) is 6.57. The molecule has 3 rings (SSSR count). The van der Waals surface area contributed by atoms with E-state index in [1.807, 2.05) is 30.3 Å². The van der Waals surface area contributed by atoms with Crippen LogP contribution in [0.1, 0.15) is 23.1 Å². The van der Waals surface area contributed by atoms with Crippen LogP contribution in [0.2, 0.25) is 0 Å². The molecule has 1 aromatic heterocycles. The van der Waals surface area contributed by atoms with E-state index in [2.05, 4.69) is 9.97 Å². The van der Waals surface area contributed by atoms with Gasteiger partial charge in [0.1, 0.15) is 11.9 Å². The molecule has 106 valence electrons. The fraction of sp³-hybridized carbons (Fsp3) is 0.125. The molecular weight excluding hydrogens is 268 g/mol. The Kier molecular flexibility index (Phi) is 3.41. The van der Waals surface area contributed by atoms with Crippen molar-refractivity contribution in [1.29, 1.82) is 0 Å². The van der Waals surface area contributed by atoms with Crippen LogP contribution in [-0.4, -0.2) is 26.2 Å². The first kappa shape index (κ1) is 13.3. The van der Waals surface area contributed by atoms with Gasteiger partial charge < -0.3 is 15.2 Å². The minimum absolute atomic E-state index is 0.0362. The molecule has 5 nitrogen and oxygen atoms in total. The molecule has 0 fully saturated rings. The number of carboxylic acid groups (broad SMARTS) is 1. The zero-order chi connectivity index (χ0) is 14.8. The average Bonchev–Trinajstić information content (AvgIpc) is 2.90. The normalized spacial score (nSPS) is 12.4. The number of imidazole rings is 1. The lowest BCUT2D eigenvalue weighted by Gasteiger charge is -2.06. The van der Waals surface area contributed by atoms with Crippen molar-refractivity contribution >= 4 is 17.0 Å². The number of hydrogen-bond donors (Lipinski definition) is 3. The molecule has 1 atom stereocenters. The summed E-state index contributed by atoms with van der Waals surface area (Å²) in [5, 5.41) is 19.1. The Morgan fingerprint density at radius 2 is 1.95 bits per heavy atom. The number of aliphatic hydroxyl groups is 1. The second kappa shape index (κ2) is 5.38. The number of aromatic amines is 1. The number of nitrogens with zero attached hydrogens (tertiary/aromatic N) is 1. The number of aliphatic carboxylic acids is 1. The molecule has 21 heavy (non-hydrogen) atoms. The number of aliphatic hydroxyl groups excluding tert-OH is 1. The van der Waals surface area contributed by atoms with Gasteiger partial charge in [-0.1, -0.05) is 36.4 Å². The van der Waals surface area contributed by atoms with Crippen LogP contribution in [0, 0.1) is 0 Å². The lowest BCUT2D eigenvalue weighted by molar-refractivity contribution is -0.136. The van der Waals surface area contributed by atoms with E-state index in [0.29, 0.717) is 16.9 Å². The van der Waals surface area contributed by atoms with Gasteiger partial charge in [-0.15, -0.1) is 0 Å². The summed E-state index contributed by atoms with van der Waals surface area (Å²) < 4.78 is 0. The largest absolute Gasteiger partial charge is 0.481 e. The number of rotatable bonds is 4. The zero-order valence-electron chi connectivity index (χ0n) is 11.2. The number of benzene rings is 2. The topological polar surface area (TPSA) is 86.2 Å². The number of aromatic nitrogens is 2. The number of fused-ring (bicyclic) bond motifs is 1. The Labute approximate surface area is 120 Å². The standard InChI is InChI=1S/C16H14N2O3/c19-14(20)9-10-6-7-12-13(8-10)18-16(17-12)15(21)11-4-2-1-3-5-11/h1-8,15,21H,9H2,(H,17,18)(H,19,20). The fourth-order valence-electron chi connectivity index (χ4n) is 2.28. The Balaban J connectivity index is 1.95. The molecule has 0 aliphatic heterocycles. The molecule has 0 bridgehead atoms. The van der Waals surface area contributed by atoms with Crippen LogP contribution in [0.5, 0.6) is 0 Å². The number of carbonyl (C=O) groups is 1. The summed E-state index contributed by atoms with van der Waals surface area (Å²) in [5.74, 6) is -0.429. The van der Waals surface area contributed by atoms with Crippen molar-refractivity contribution in [2.45, 2.75) is 12.5 Å². The van der Waals surface area contributed by atoms with Crippen molar-refractivity contribution in [3.8, 4) is 0 Å². The lowest BCUT2D eigenvalue weighted by atomic mass is 10.1. The second-order valence-corrected chi connectivity index (χ2v) is 4.86. The quantitative estimate of drug-likeness (QED) is 0.685. The van der Waals surface area contributed by atoms with E-state index in [4.69, 9.17) is 5.11 Å². The van der Waals surface area contributed by atoms with Gasteiger partial charge in [0, 0.05) is 0 Å². The van der Waals surface area contributed by atoms with Gasteiger partial charge in [-0.25, -0.2) is 4.98 Å². The Hall–Kier alpha value is -2.66. The fourth-order valence-corrected chi connectivity index (χ4v) is 2.28. The van der Waals surface area contributed by atoms with Crippen molar-refractivity contribution in [1.82, 2.24) is 9.97 Å². The highest BCUT2D eigenvalue weighted by atomic mass is 16.4. The molecule has 0 aliphatic carbocycles. The predicted molar refractivity (Wildman–Crippen MR) is 77.9 cm³/mol. The van der Waals surface area contributed by atoms with Gasteiger partial charge >= 0.3 is 5.97 Å². The van der Waals surface area contributed by atoms with E-state index in [-0.39, 0.29) is 6.42 Å². The molecule has 5 heteroatoms. The van der Waals surface area contributed by atoms with Gasteiger partial charge in [0.15, 0.2) is 0 Å².